The van der Waals surface area contributed by atoms with Crippen LogP contribution >= 0.6 is 0 Å². The number of benzene rings is 1. The van der Waals surface area contributed by atoms with Gasteiger partial charge in [-0.3, -0.25) is 19.4 Å². The summed E-state index contributed by atoms with van der Waals surface area (Å²) >= 11 is 0. The van der Waals surface area contributed by atoms with Crippen LogP contribution in [0.3, 0.4) is 0 Å². The van der Waals surface area contributed by atoms with Crippen molar-refractivity contribution in [1.29, 1.82) is 0 Å². The fourth-order valence-corrected chi connectivity index (χ4v) is 4.37. The predicted octanol–water partition coefficient (Wildman–Crippen LogP) is 4.13. The van der Waals surface area contributed by atoms with Gasteiger partial charge in [-0.2, -0.15) is 5.10 Å². The van der Waals surface area contributed by atoms with E-state index in [0.29, 0.717) is 24.2 Å². The molecule has 3 heterocycles. The Morgan fingerprint density at radius 2 is 1.84 bits per heavy atom. The molecule has 1 aromatic carbocycles. The van der Waals surface area contributed by atoms with Gasteiger partial charge in [-0.25, -0.2) is 4.39 Å². The van der Waals surface area contributed by atoms with Crippen molar-refractivity contribution in [3.05, 3.63) is 93.0 Å². The van der Waals surface area contributed by atoms with Crippen molar-refractivity contribution < 1.29 is 4.39 Å². The Hall–Kier alpha value is -3.32. The molecule has 1 unspecified atom stereocenters. The lowest BCUT2D eigenvalue weighted by molar-refractivity contribution is 0.250. The van der Waals surface area contributed by atoms with E-state index in [2.05, 4.69) is 28.8 Å². The van der Waals surface area contributed by atoms with Crippen molar-refractivity contribution >= 4 is 10.9 Å². The highest BCUT2D eigenvalue weighted by Gasteiger charge is 2.21. The Morgan fingerprint density at radius 3 is 2.50 bits per heavy atom. The lowest BCUT2D eigenvalue weighted by Crippen LogP contribution is -2.30. The van der Waals surface area contributed by atoms with Gasteiger partial charge in [0.1, 0.15) is 5.82 Å². The molecule has 0 spiro atoms. The van der Waals surface area contributed by atoms with Crippen LogP contribution in [0, 0.1) is 19.7 Å². The molecule has 4 aromatic rings. The van der Waals surface area contributed by atoms with Crippen molar-refractivity contribution in [3.8, 4) is 0 Å². The van der Waals surface area contributed by atoms with Crippen molar-refractivity contribution in [2.75, 3.05) is 7.05 Å². The van der Waals surface area contributed by atoms with Crippen LogP contribution in [0.2, 0.25) is 0 Å². The zero-order valence-electron chi connectivity index (χ0n) is 19.1. The summed E-state index contributed by atoms with van der Waals surface area (Å²) in [6.45, 7) is 7.03. The van der Waals surface area contributed by atoms with Crippen LogP contribution in [-0.2, 0) is 20.1 Å². The van der Waals surface area contributed by atoms with Gasteiger partial charge in [-0.05, 0) is 75.2 Å². The lowest BCUT2D eigenvalue weighted by Gasteiger charge is -2.26. The summed E-state index contributed by atoms with van der Waals surface area (Å²) in [6, 6.07) is 10.3. The number of hydrogen-bond acceptors (Lipinski definition) is 4. The second kappa shape index (κ2) is 8.67. The Balaban J connectivity index is 1.75. The summed E-state index contributed by atoms with van der Waals surface area (Å²) in [5, 5.41) is 5.37. The standard InChI is InChI=1S/C25H28FN5O/c1-16-24(18(3)30(5)28-16)17(2)29(4)15-21-12-20-6-7-22(26)13-23(20)31(25(21)32)14-19-8-10-27-11-9-19/h6-13,17H,14-15H2,1-5H3. The third kappa shape index (κ3) is 4.08. The fourth-order valence-electron chi connectivity index (χ4n) is 4.37. The van der Waals surface area contributed by atoms with Gasteiger partial charge < -0.3 is 4.57 Å². The number of rotatable bonds is 6. The summed E-state index contributed by atoms with van der Waals surface area (Å²) in [5.74, 6) is -0.360. The molecule has 0 radical (unpaired) electrons. The van der Waals surface area contributed by atoms with Gasteiger partial charge in [0.2, 0.25) is 0 Å². The molecule has 6 nitrogen and oxygen atoms in total. The molecule has 0 aliphatic rings. The molecule has 0 N–H and O–H groups in total. The molecule has 0 aliphatic heterocycles. The number of nitrogens with zero attached hydrogens (tertiary/aromatic N) is 5. The minimum atomic E-state index is -0.360. The highest BCUT2D eigenvalue weighted by Crippen LogP contribution is 2.26. The first-order valence-corrected chi connectivity index (χ1v) is 10.7. The number of pyridine rings is 2. The highest BCUT2D eigenvalue weighted by molar-refractivity contribution is 5.79. The maximum Gasteiger partial charge on any atom is 0.255 e. The van der Waals surface area contributed by atoms with Crippen molar-refractivity contribution in [2.24, 2.45) is 7.05 Å². The molecule has 0 saturated carbocycles. The average molecular weight is 434 g/mol. The second-order valence-electron chi connectivity index (χ2n) is 8.42. The smallest absolute Gasteiger partial charge is 0.255 e. The monoisotopic (exact) mass is 433 g/mol. The SMILES string of the molecule is Cc1nn(C)c(C)c1C(C)N(C)Cc1cc2ccc(F)cc2n(Cc2ccncc2)c1=O. The molecule has 0 bridgehead atoms. The molecule has 0 fully saturated rings. The first kappa shape index (κ1) is 21.9. The minimum Gasteiger partial charge on any atom is -0.303 e. The van der Waals surface area contributed by atoms with Crippen molar-refractivity contribution in [2.45, 2.75) is 39.9 Å². The normalized spacial score (nSPS) is 12.6. The number of hydrogen-bond donors (Lipinski definition) is 0. The third-order valence-electron chi connectivity index (χ3n) is 6.29. The van der Waals surface area contributed by atoms with E-state index in [4.69, 9.17) is 0 Å². The topological polar surface area (TPSA) is 56.0 Å². The molecular weight excluding hydrogens is 405 g/mol. The van der Waals surface area contributed by atoms with E-state index < -0.39 is 0 Å². The Bertz CT molecular complexity index is 1330. The van der Waals surface area contributed by atoms with Gasteiger partial charge in [-0.15, -0.1) is 0 Å². The van der Waals surface area contributed by atoms with E-state index in [-0.39, 0.29) is 17.4 Å². The predicted molar refractivity (Wildman–Crippen MR) is 124 cm³/mol. The largest absolute Gasteiger partial charge is 0.303 e. The molecule has 1 atom stereocenters. The summed E-state index contributed by atoms with van der Waals surface area (Å²) < 4.78 is 17.6. The molecule has 7 heteroatoms. The molecule has 0 aliphatic carbocycles. The zero-order valence-corrected chi connectivity index (χ0v) is 19.1. The maximum atomic E-state index is 14.0. The number of aromatic nitrogens is 4. The number of fused-ring (bicyclic) bond motifs is 1. The van der Waals surface area contributed by atoms with E-state index in [1.807, 2.05) is 43.9 Å². The zero-order chi connectivity index (χ0) is 23.0. The molecule has 0 amide bonds. The molecule has 166 valence electrons. The summed E-state index contributed by atoms with van der Waals surface area (Å²) in [6.07, 6.45) is 3.39. The van der Waals surface area contributed by atoms with E-state index in [1.54, 1.807) is 23.0 Å². The van der Waals surface area contributed by atoms with Crippen molar-refractivity contribution in [1.82, 2.24) is 24.2 Å². The number of aryl methyl sites for hydroxylation is 2. The quantitative estimate of drug-likeness (QED) is 0.459. The third-order valence-corrected chi connectivity index (χ3v) is 6.29. The Kier molecular flexibility index (Phi) is 5.93. The van der Waals surface area contributed by atoms with Crippen LogP contribution in [0.1, 0.15) is 41.0 Å². The van der Waals surface area contributed by atoms with Gasteiger partial charge in [0.25, 0.3) is 5.56 Å². The molecular formula is C25H28FN5O. The van der Waals surface area contributed by atoms with Crippen LogP contribution in [0.25, 0.3) is 10.9 Å². The summed E-state index contributed by atoms with van der Waals surface area (Å²) in [5.41, 5.74) is 5.37. The molecule has 0 saturated heterocycles. The molecule has 3 aromatic heterocycles. The van der Waals surface area contributed by atoms with Crippen molar-refractivity contribution in [3.63, 3.8) is 0 Å². The van der Waals surface area contributed by atoms with Crippen LogP contribution in [0.5, 0.6) is 0 Å². The van der Waals surface area contributed by atoms with E-state index in [9.17, 15) is 9.18 Å². The Morgan fingerprint density at radius 1 is 1.12 bits per heavy atom. The van der Waals surface area contributed by atoms with E-state index in [1.165, 1.54) is 17.7 Å². The van der Waals surface area contributed by atoms with Crippen LogP contribution in [-0.4, -0.2) is 31.3 Å². The van der Waals surface area contributed by atoms with Crippen LogP contribution in [0.15, 0.2) is 53.6 Å². The first-order valence-electron chi connectivity index (χ1n) is 10.7. The van der Waals surface area contributed by atoms with Gasteiger partial charge in [0.05, 0.1) is 17.8 Å². The summed E-state index contributed by atoms with van der Waals surface area (Å²) in [7, 11) is 3.96. The lowest BCUT2D eigenvalue weighted by atomic mass is 10.0. The Labute approximate surface area is 186 Å². The average Bonchev–Trinajstić information content (AvgIpc) is 3.02. The van der Waals surface area contributed by atoms with Gasteiger partial charge in [0.15, 0.2) is 0 Å². The van der Waals surface area contributed by atoms with E-state index in [0.717, 1.165) is 22.3 Å². The van der Waals surface area contributed by atoms with E-state index >= 15 is 0 Å². The second-order valence-corrected chi connectivity index (χ2v) is 8.42. The molecule has 32 heavy (non-hydrogen) atoms. The van der Waals surface area contributed by atoms with Gasteiger partial charge in [0, 0.05) is 48.8 Å². The molecule has 4 rings (SSSR count). The summed E-state index contributed by atoms with van der Waals surface area (Å²) in [4.78, 5) is 19.7. The number of halogens is 1. The van der Waals surface area contributed by atoms with Gasteiger partial charge in [-0.1, -0.05) is 0 Å². The first-order chi connectivity index (χ1) is 15.3. The van der Waals surface area contributed by atoms with Crippen LogP contribution in [0.4, 0.5) is 4.39 Å². The van der Waals surface area contributed by atoms with Crippen LogP contribution < -0.4 is 5.56 Å². The minimum absolute atomic E-state index is 0.0839. The van der Waals surface area contributed by atoms with Gasteiger partial charge >= 0.3 is 0 Å². The fraction of sp³-hybridized carbons (Fsp3) is 0.320. The maximum absolute atomic E-state index is 14.0. The highest BCUT2D eigenvalue weighted by atomic mass is 19.1.